The standard InChI is InChI=1S/C15H22N2O/c1-13-4-3-5-14(12-13)6-7-15(18)17-10-8-16(2)9-11-17/h3-5,12H,6-11H2,1-2H3. The molecule has 1 aliphatic rings. The van der Waals surface area contributed by atoms with E-state index in [0.29, 0.717) is 12.3 Å². The SMILES string of the molecule is Cc1cccc(CCC(=O)N2CCN(C)CC2)c1. The monoisotopic (exact) mass is 246 g/mol. The number of hydrogen-bond acceptors (Lipinski definition) is 2. The second-order valence-electron chi connectivity index (χ2n) is 5.17. The van der Waals surface area contributed by atoms with E-state index in [-0.39, 0.29) is 0 Å². The predicted molar refractivity (Wildman–Crippen MR) is 73.6 cm³/mol. The third-order valence-corrected chi connectivity index (χ3v) is 3.57. The van der Waals surface area contributed by atoms with Crippen molar-refractivity contribution in [3.05, 3.63) is 35.4 Å². The first-order chi connectivity index (χ1) is 8.65. The summed E-state index contributed by atoms with van der Waals surface area (Å²) in [6.07, 6.45) is 1.49. The molecule has 0 spiro atoms. The molecule has 0 saturated carbocycles. The van der Waals surface area contributed by atoms with E-state index in [0.717, 1.165) is 32.6 Å². The highest BCUT2D eigenvalue weighted by molar-refractivity contribution is 5.76. The number of nitrogens with zero attached hydrogens (tertiary/aromatic N) is 2. The van der Waals surface area contributed by atoms with Gasteiger partial charge in [-0.25, -0.2) is 0 Å². The number of likely N-dealkylation sites (N-methyl/N-ethyl adjacent to an activating group) is 1. The predicted octanol–water partition coefficient (Wildman–Crippen LogP) is 1.70. The highest BCUT2D eigenvalue weighted by Gasteiger charge is 2.18. The molecule has 1 saturated heterocycles. The van der Waals surface area contributed by atoms with Crippen LogP contribution in [-0.4, -0.2) is 48.9 Å². The van der Waals surface area contributed by atoms with Gasteiger partial charge in [-0.05, 0) is 26.0 Å². The lowest BCUT2D eigenvalue weighted by Gasteiger charge is -2.32. The van der Waals surface area contributed by atoms with E-state index in [9.17, 15) is 4.79 Å². The average Bonchev–Trinajstić information content (AvgIpc) is 2.37. The van der Waals surface area contributed by atoms with E-state index in [1.807, 2.05) is 4.90 Å². The van der Waals surface area contributed by atoms with Crippen LogP contribution in [0.2, 0.25) is 0 Å². The quantitative estimate of drug-likeness (QED) is 0.810. The summed E-state index contributed by atoms with van der Waals surface area (Å²) in [5, 5.41) is 0. The Hall–Kier alpha value is -1.35. The lowest BCUT2D eigenvalue weighted by molar-refractivity contribution is -0.132. The minimum absolute atomic E-state index is 0.296. The fourth-order valence-electron chi connectivity index (χ4n) is 2.33. The number of carbonyl (C=O) groups is 1. The fraction of sp³-hybridized carbons (Fsp3) is 0.533. The van der Waals surface area contributed by atoms with E-state index in [1.165, 1.54) is 11.1 Å². The van der Waals surface area contributed by atoms with Gasteiger partial charge < -0.3 is 9.80 Å². The molecule has 3 heteroatoms. The molecule has 0 unspecified atom stereocenters. The molecule has 18 heavy (non-hydrogen) atoms. The van der Waals surface area contributed by atoms with Crippen LogP contribution in [-0.2, 0) is 11.2 Å². The van der Waals surface area contributed by atoms with Gasteiger partial charge in [0.25, 0.3) is 0 Å². The van der Waals surface area contributed by atoms with Gasteiger partial charge in [0.2, 0.25) is 5.91 Å². The molecule has 0 N–H and O–H groups in total. The van der Waals surface area contributed by atoms with Crippen LogP contribution in [0.1, 0.15) is 17.5 Å². The maximum absolute atomic E-state index is 12.1. The Bertz CT molecular complexity index is 409. The molecule has 0 bridgehead atoms. The highest BCUT2D eigenvalue weighted by Crippen LogP contribution is 2.09. The summed E-state index contributed by atoms with van der Waals surface area (Å²) in [5.74, 6) is 0.296. The van der Waals surface area contributed by atoms with Crippen molar-refractivity contribution in [1.29, 1.82) is 0 Å². The van der Waals surface area contributed by atoms with Crippen LogP contribution in [0.25, 0.3) is 0 Å². The topological polar surface area (TPSA) is 23.6 Å². The smallest absolute Gasteiger partial charge is 0.222 e. The van der Waals surface area contributed by atoms with Gasteiger partial charge in [0, 0.05) is 32.6 Å². The van der Waals surface area contributed by atoms with Gasteiger partial charge in [0.1, 0.15) is 0 Å². The van der Waals surface area contributed by atoms with Gasteiger partial charge in [0.15, 0.2) is 0 Å². The maximum atomic E-state index is 12.1. The maximum Gasteiger partial charge on any atom is 0.222 e. The van der Waals surface area contributed by atoms with Crippen LogP contribution in [0.4, 0.5) is 0 Å². The molecule has 1 aromatic carbocycles. The highest BCUT2D eigenvalue weighted by atomic mass is 16.2. The van der Waals surface area contributed by atoms with Crippen molar-refractivity contribution in [2.75, 3.05) is 33.2 Å². The zero-order chi connectivity index (χ0) is 13.0. The molecule has 0 atom stereocenters. The summed E-state index contributed by atoms with van der Waals surface area (Å²) in [7, 11) is 2.11. The second-order valence-corrected chi connectivity index (χ2v) is 5.17. The molecule has 0 aliphatic carbocycles. The van der Waals surface area contributed by atoms with Crippen molar-refractivity contribution in [3.8, 4) is 0 Å². The van der Waals surface area contributed by atoms with Crippen molar-refractivity contribution < 1.29 is 4.79 Å². The van der Waals surface area contributed by atoms with E-state index in [1.54, 1.807) is 0 Å². The first kappa shape index (κ1) is 13.1. The zero-order valence-corrected chi connectivity index (χ0v) is 11.4. The Morgan fingerprint density at radius 2 is 1.94 bits per heavy atom. The minimum atomic E-state index is 0.296. The van der Waals surface area contributed by atoms with Crippen molar-refractivity contribution >= 4 is 5.91 Å². The summed E-state index contributed by atoms with van der Waals surface area (Å²) in [6.45, 7) is 5.84. The number of rotatable bonds is 3. The van der Waals surface area contributed by atoms with Crippen molar-refractivity contribution in [2.24, 2.45) is 0 Å². The summed E-state index contributed by atoms with van der Waals surface area (Å²) in [4.78, 5) is 16.3. The summed E-state index contributed by atoms with van der Waals surface area (Å²) in [5.41, 5.74) is 2.53. The number of benzene rings is 1. The van der Waals surface area contributed by atoms with Gasteiger partial charge in [-0.3, -0.25) is 4.79 Å². The number of amides is 1. The molecular formula is C15H22N2O. The van der Waals surface area contributed by atoms with Gasteiger partial charge in [0.05, 0.1) is 0 Å². The Kier molecular flexibility index (Phi) is 4.37. The minimum Gasteiger partial charge on any atom is -0.340 e. The van der Waals surface area contributed by atoms with Crippen LogP contribution in [0, 0.1) is 6.92 Å². The largest absolute Gasteiger partial charge is 0.340 e. The summed E-state index contributed by atoms with van der Waals surface area (Å²) < 4.78 is 0. The van der Waals surface area contributed by atoms with Gasteiger partial charge >= 0.3 is 0 Å². The molecule has 1 heterocycles. The van der Waals surface area contributed by atoms with Crippen LogP contribution in [0.3, 0.4) is 0 Å². The van der Waals surface area contributed by atoms with Crippen LogP contribution in [0.15, 0.2) is 24.3 Å². The molecule has 1 aromatic rings. The molecule has 0 aromatic heterocycles. The zero-order valence-electron chi connectivity index (χ0n) is 11.4. The van der Waals surface area contributed by atoms with Gasteiger partial charge in [-0.15, -0.1) is 0 Å². The van der Waals surface area contributed by atoms with Crippen molar-refractivity contribution in [3.63, 3.8) is 0 Å². The Morgan fingerprint density at radius 1 is 1.22 bits per heavy atom. The lowest BCUT2D eigenvalue weighted by Crippen LogP contribution is -2.47. The van der Waals surface area contributed by atoms with E-state index < -0.39 is 0 Å². The molecule has 3 nitrogen and oxygen atoms in total. The number of carbonyl (C=O) groups excluding carboxylic acids is 1. The van der Waals surface area contributed by atoms with Crippen LogP contribution < -0.4 is 0 Å². The first-order valence-electron chi connectivity index (χ1n) is 6.67. The number of aryl methyl sites for hydroxylation is 2. The van der Waals surface area contributed by atoms with Crippen molar-refractivity contribution in [1.82, 2.24) is 9.80 Å². The normalized spacial score (nSPS) is 16.9. The van der Waals surface area contributed by atoms with E-state index in [2.05, 4.69) is 43.1 Å². The molecule has 1 fully saturated rings. The van der Waals surface area contributed by atoms with Crippen molar-refractivity contribution in [2.45, 2.75) is 19.8 Å². The molecule has 1 aliphatic heterocycles. The number of piperazine rings is 1. The van der Waals surface area contributed by atoms with E-state index in [4.69, 9.17) is 0 Å². The molecule has 1 amide bonds. The molecule has 0 radical (unpaired) electrons. The Balaban J connectivity index is 1.81. The third-order valence-electron chi connectivity index (χ3n) is 3.57. The number of hydrogen-bond donors (Lipinski definition) is 0. The second kappa shape index (κ2) is 6.01. The van der Waals surface area contributed by atoms with Crippen LogP contribution >= 0.6 is 0 Å². The first-order valence-corrected chi connectivity index (χ1v) is 6.67. The third kappa shape index (κ3) is 3.57. The average molecular weight is 246 g/mol. The Morgan fingerprint density at radius 3 is 2.61 bits per heavy atom. The molecule has 2 rings (SSSR count). The van der Waals surface area contributed by atoms with Crippen LogP contribution in [0.5, 0.6) is 0 Å². The molecular weight excluding hydrogens is 224 g/mol. The summed E-state index contributed by atoms with van der Waals surface area (Å²) in [6, 6.07) is 8.41. The van der Waals surface area contributed by atoms with Gasteiger partial charge in [-0.2, -0.15) is 0 Å². The van der Waals surface area contributed by atoms with Gasteiger partial charge in [-0.1, -0.05) is 29.8 Å². The molecule has 98 valence electrons. The Labute approximate surface area is 109 Å². The lowest BCUT2D eigenvalue weighted by atomic mass is 10.1. The fourth-order valence-corrected chi connectivity index (χ4v) is 2.33. The summed E-state index contributed by atoms with van der Waals surface area (Å²) >= 11 is 0. The van der Waals surface area contributed by atoms with E-state index >= 15 is 0 Å².